The molecule has 1 unspecified atom stereocenters. The predicted molar refractivity (Wildman–Crippen MR) is 182 cm³/mol. The third-order valence-corrected chi connectivity index (χ3v) is 10.7. The van der Waals surface area contributed by atoms with Gasteiger partial charge in [0.25, 0.3) is 5.88 Å². The Morgan fingerprint density at radius 2 is 2.08 bits per heavy atom. The first-order valence-electron chi connectivity index (χ1n) is 16.9. The van der Waals surface area contributed by atoms with Crippen LogP contribution in [0.1, 0.15) is 93.4 Å². The van der Waals surface area contributed by atoms with Crippen LogP contribution in [-0.2, 0) is 16.6 Å². The van der Waals surface area contributed by atoms with E-state index in [0.29, 0.717) is 52.2 Å². The standard InChI is InChI=1S/C34H43N9O5S/c1-20(2)27(31(44)45)24-17-26(40-47-24)46-16-6-5-13-42-14-8-15-43(21(3)19-42)33-37-12-10-23(38-33)30-39-32(48-41-30)34(4)11-7-9-25-28(34)22(18-35)29(36)49-25/h10,12,17,20-21,27H,5-9,11,13-16,19,36H2,1-4H3,(H,44,45)/t21-,27?,34-/m0/s1. The summed E-state index contributed by atoms with van der Waals surface area (Å²) in [5, 5.41) is 28.1. The minimum atomic E-state index is -0.937. The SMILES string of the molecule is CC(C)C(C(=O)O)c1cc(OCCCCN2CCCN(c3nccc(-c4noc([C@@]5(C)CCCc6sc(N)c(C#N)c65)n4)n3)[C@@H](C)C2)no1. The van der Waals surface area contributed by atoms with Gasteiger partial charge < -0.3 is 34.4 Å². The van der Waals surface area contributed by atoms with Gasteiger partial charge in [-0.25, -0.2) is 9.97 Å². The Balaban J connectivity index is 1.04. The van der Waals surface area contributed by atoms with Gasteiger partial charge in [0.15, 0.2) is 5.76 Å². The van der Waals surface area contributed by atoms with Crippen molar-refractivity contribution in [3.63, 3.8) is 0 Å². The number of nitrogens with two attached hydrogens (primary N) is 1. The summed E-state index contributed by atoms with van der Waals surface area (Å²) in [7, 11) is 0. The fraction of sp³-hybridized carbons (Fsp3) is 0.559. The first-order chi connectivity index (χ1) is 23.6. The minimum absolute atomic E-state index is 0.119. The van der Waals surface area contributed by atoms with E-state index in [4.69, 9.17) is 29.5 Å². The molecule has 1 fully saturated rings. The molecule has 49 heavy (non-hydrogen) atoms. The molecule has 1 aliphatic heterocycles. The molecular weight excluding hydrogens is 646 g/mol. The fourth-order valence-electron chi connectivity index (χ4n) is 7.06. The number of aromatic nitrogens is 5. The molecule has 0 radical (unpaired) electrons. The monoisotopic (exact) mass is 689 g/mol. The van der Waals surface area contributed by atoms with Gasteiger partial charge in [-0.1, -0.05) is 19.0 Å². The van der Waals surface area contributed by atoms with E-state index in [1.54, 1.807) is 18.3 Å². The third kappa shape index (κ3) is 7.11. The van der Waals surface area contributed by atoms with Gasteiger partial charge >= 0.3 is 5.97 Å². The number of nitrogen functional groups attached to an aromatic ring is 1. The van der Waals surface area contributed by atoms with E-state index in [-0.39, 0.29) is 12.0 Å². The molecule has 3 N–H and O–H groups in total. The molecule has 3 atom stereocenters. The second-order valence-corrected chi connectivity index (χ2v) is 14.6. The smallest absolute Gasteiger partial charge is 0.314 e. The number of carbonyl (C=O) groups is 1. The number of fused-ring (bicyclic) bond motifs is 1. The van der Waals surface area contributed by atoms with Crippen molar-refractivity contribution in [2.75, 3.05) is 43.4 Å². The van der Waals surface area contributed by atoms with Crippen LogP contribution in [-0.4, -0.2) is 80.1 Å². The van der Waals surface area contributed by atoms with Crippen LogP contribution in [0.3, 0.4) is 0 Å². The number of rotatable bonds is 12. The summed E-state index contributed by atoms with van der Waals surface area (Å²) in [6.45, 7) is 12.0. The van der Waals surface area contributed by atoms with Crippen LogP contribution in [0.25, 0.3) is 11.5 Å². The van der Waals surface area contributed by atoms with Crippen molar-refractivity contribution in [2.24, 2.45) is 5.92 Å². The van der Waals surface area contributed by atoms with E-state index in [9.17, 15) is 15.2 Å². The number of hydrogen-bond acceptors (Lipinski definition) is 14. The predicted octanol–water partition coefficient (Wildman–Crippen LogP) is 5.26. The molecular formula is C34H43N9O5S. The van der Waals surface area contributed by atoms with E-state index >= 15 is 0 Å². The lowest BCUT2D eigenvalue weighted by Crippen LogP contribution is -2.40. The average molecular weight is 690 g/mol. The molecule has 6 rings (SSSR count). The fourth-order valence-corrected chi connectivity index (χ4v) is 8.25. The minimum Gasteiger partial charge on any atom is -0.481 e. The van der Waals surface area contributed by atoms with Crippen LogP contribution in [0, 0.1) is 17.2 Å². The lowest BCUT2D eigenvalue weighted by molar-refractivity contribution is -0.140. The Labute approximate surface area is 289 Å². The van der Waals surface area contributed by atoms with E-state index in [1.165, 1.54) is 11.3 Å². The lowest BCUT2D eigenvalue weighted by atomic mass is 9.72. The third-order valence-electron chi connectivity index (χ3n) is 9.57. The highest BCUT2D eigenvalue weighted by molar-refractivity contribution is 7.16. The van der Waals surface area contributed by atoms with Gasteiger partial charge in [0.05, 0.1) is 17.6 Å². The number of carboxylic acids is 1. The number of aliphatic carboxylic acids is 1. The molecule has 14 nitrogen and oxygen atoms in total. The molecule has 1 aliphatic carbocycles. The largest absolute Gasteiger partial charge is 0.481 e. The van der Waals surface area contributed by atoms with Crippen LogP contribution in [0.5, 0.6) is 5.88 Å². The summed E-state index contributed by atoms with van der Waals surface area (Å²) in [5.41, 5.74) is 7.63. The van der Waals surface area contributed by atoms with Crippen molar-refractivity contribution in [3.8, 4) is 23.5 Å². The number of carboxylic acid groups (broad SMARTS) is 1. The molecule has 4 aromatic rings. The zero-order valence-electron chi connectivity index (χ0n) is 28.4. The number of nitrogens with zero attached hydrogens (tertiary/aromatic N) is 8. The maximum atomic E-state index is 11.6. The van der Waals surface area contributed by atoms with Crippen molar-refractivity contribution < 1.29 is 23.7 Å². The molecule has 15 heteroatoms. The van der Waals surface area contributed by atoms with E-state index in [2.05, 4.69) is 45.0 Å². The lowest BCUT2D eigenvalue weighted by Gasteiger charge is -2.30. The number of aryl methyl sites for hydroxylation is 1. The first-order valence-corrected chi connectivity index (χ1v) is 17.7. The van der Waals surface area contributed by atoms with Crippen molar-refractivity contribution in [1.29, 1.82) is 5.26 Å². The topological polar surface area (TPSA) is 194 Å². The Kier molecular flexibility index (Phi) is 10.2. The number of unbranched alkanes of at least 4 members (excludes halogenated alkanes) is 1. The summed E-state index contributed by atoms with van der Waals surface area (Å²) in [4.78, 5) is 31.7. The zero-order valence-corrected chi connectivity index (χ0v) is 29.2. The summed E-state index contributed by atoms with van der Waals surface area (Å²) < 4.78 is 16.8. The van der Waals surface area contributed by atoms with Crippen molar-refractivity contribution in [2.45, 2.75) is 83.6 Å². The Morgan fingerprint density at radius 3 is 2.86 bits per heavy atom. The molecule has 4 aromatic heterocycles. The molecule has 5 heterocycles. The Bertz CT molecular complexity index is 1810. The second-order valence-electron chi connectivity index (χ2n) is 13.5. The van der Waals surface area contributed by atoms with E-state index in [1.807, 2.05) is 13.8 Å². The molecule has 0 amide bonds. The zero-order chi connectivity index (χ0) is 34.7. The molecule has 0 bridgehead atoms. The van der Waals surface area contributed by atoms with Gasteiger partial charge in [-0.05, 0) is 82.6 Å². The van der Waals surface area contributed by atoms with Gasteiger partial charge in [0.1, 0.15) is 22.7 Å². The highest BCUT2D eigenvalue weighted by Crippen LogP contribution is 2.48. The maximum Gasteiger partial charge on any atom is 0.314 e. The highest BCUT2D eigenvalue weighted by atomic mass is 32.1. The van der Waals surface area contributed by atoms with Gasteiger partial charge in [-0.2, -0.15) is 10.2 Å². The number of anilines is 2. The molecule has 260 valence electrons. The number of ether oxygens (including phenoxy) is 1. The summed E-state index contributed by atoms with van der Waals surface area (Å²) >= 11 is 1.48. The van der Waals surface area contributed by atoms with E-state index in [0.717, 1.165) is 75.1 Å². The highest BCUT2D eigenvalue weighted by Gasteiger charge is 2.43. The molecule has 1 saturated heterocycles. The quantitative estimate of drug-likeness (QED) is 0.183. The molecule has 2 aliphatic rings. The number of nitriles is 1. The van der Waals surface area contributed by atoms with Crippen LogP contribution < -0.4 is 15.4 Å². The van der Waals surface area contributed by atoms with Crippen LogP contribution in [0.15, 0.2) is 27.4 Å². The average Bonchev–Trinajstić information content (AvgIpc) is 3.79. The van der Waals surface area contributed by atoms with E-state index < -0.39 is 17.3 Å². The van der Waals surface area contributed by atoms with Gasteiger partial charge in [0, 0.05) is 41.8 Å². The van der Waals surface area contributed by atoms with Crippen LogP contribution in [0.4, 0.5) is 10.9 Å². The van der Waals surface area contributed by atoms with Crippen molar-refractivity contribution in [1.82, 2.24) is 30.2 Å². The maximum absolute atomic E-state index is 11.6. The summed E-state index contributed by atoms with van der Waals surface area (Å²) in [6, 6.07) is 5.85. The Hall–Kier alpha value is -4.55. The normalized spacial score (nSPS) is 20.5. The van der Waals surface area contributed by atoms with Crippen LogP contribution in [0.2, 0.25) is 0 Å². The van der Waals surface area contributed by atoms with Gasteiger partial charge in [-0.3, -0.25) is 4.79 Å². The summed E-state index contributed by atoms with van der Waals surface area (Å²) in [5.74, 6) is 0.306. The molecule has 0 saturated carbocycles. The first kappa shape index (κ1) is 34.3. The summed E-state index contributed by atoms with van der Waals surface area (Å²) in [6.07, 6.45) is 7.10. The van der Waals surface area contributed by atoms with Crippen molar-refractivity contribution >= 4 is 28.3 Å². The number of hydrogen-bond donors (Lipinski definition) is 2. The van der Waals surface area contributed by atoms with Gasteiger partial charge in [-0.15, -0.1) is 11.3 Å². The van der Waals surface area contributed by atoms with Crippen LogP contribution >= 0.6 is 11.3 Å². The second kappa shape index (κ2) is 14.5. The number of thiophene rings is 1. The molecule has 0 spiro atoms. The Morgan fingerprint density at radius 1 is 1.24 bits per heavy atom. The molecule has 0 aromatic carbocycles. The van der Waals surface area contributed by atoms with Gasteiger partial charge in [0.2, 0.25) is 17.7 Å². The van der Waals surface area contributed by atoms with Crippen molar-refractivity contribution in [3.05, 3.63) is 46.0 Å².